The molecule has 1 heterocycles. The molecule has 0 bridgehead atoms. The van der Waals surface area contributed by atoms with E-state index in [4.69, 9.17) is 0 Å². The Labute approximate surface area is 95.9 Å². The molecule has 0 saturated carbocycles. The van der Waals surface area contributed by atoms with Crippen molar-refractivity contribution in [3.05, 3.63) is 0 Å². The van der Waals surface area contributed by atoms with Gasteiger partial charge in [0.2, 0.25) is 0 Å². The molecular formula is C11H22Se2. The number of hydrogen-bond donors (Lipinski definition) is 0. The van der Waals surface area contributed by atoms with Gasteiger partial charge in [-0.05, 0) is 0 Å². The average molecular weight is 312 g/mol. The molecule has 0 atom stereocenters. The van der Waals surface area contributed by atoms with Crippen molar-refractivity contribution in [1.82, 2.24) is 0 Å². The summed E-state index contributed by atoms with van der Waals surface area (Å²) in [6.07, 6.45) is 10.6. The Kier molecular flexibility index (Phi) is 7.78. The summed E-state index contributed by atoms with van der Waals surface area (Å²) in [5.74, 6) is 0. The molecule has 1 saturated heterocycles. The van der Waals surface area contributed by atoms with Crippen LogP contribution in [0.2, 0.25) is 14.4 Å². The Morgan fingerprint density at radius 1 is 1.00 bits per heavy atom. The van der Waals surface area contributed by atoms with Crippen LogP contribution < -0.4 is 0 Å². The van der Waals surface area contributed by atoms with Gasteiger partial charge in [0.25, 0.3) is 0 Å². The Bertz CT molecular complexity index is 107. The first kappa shape index (κ1) is 12.1. The van der Waals surface area contributed by atoms with Gasteiger partial charge >= 0.3 is 96.1 Å². The van der Waals surface area contributed by atoms with Crippen molar-refractivity contribution in [2.45, 2.75) is 66.2 Å². The molecular weight excluding hydrogens is 290 g/mol. The first-order valence-corrected chi connectivity index (χ1v) is 10.1. The maximum absolute atomic E-state index is 2.31. The van der Waals surface area contributed by atoms with Gasteiger partial charge in [-0.1, -0.05) is 0 Å². The fourth-order valence-corrected chi connectivity index (χ4v) is 8.99. The molecule has 13 heavy (non-hydrogen) atoms. The van der Waals surface area contributed by atoms with E-state index in [0.717, 1.165) is 29.9 Å². The van der Waals surface area contributed by atoms with E-state index in [0.29, 0.717) is 0 Å². The maximum atomic E-state index is 2.31. The molecule has 1 fully saturated rings. The molecule has 0 amide bonds. The predicted octanol–water partition coefficient (Wildman–Crippen LogP) is 3.74. The average Bonchev–Trinajstić information content (AvgIpc) is 2.41. The monoisotopic (exact) mass is 314 g/mol. The second-order valence-electron chi connectivity index (χ2n) is 3.73. The van der Waals surface area contributed by atoms with Crippen LogP contribution in [0.4, 0.5) is 0 Å². The third-order valence-corrected chi connectivity index (χ3v) is 10.2. The Morgan fingerprint density at radius 3 is 2.31 bits per heavy atom. The summed E-state index contributed by atoms with van der Waals surface area (Å²) in [6.45, 7) is 2.31. The standard InChI is InChI=1S/C11H22Se2/c1-2-3-4-5-8-11-12-9-6-7-10-13-11/h11H,2-10H2,1H3. The fraction of sp³-hybridized carbons (Fsp3) is 1.00. The summed E-state index contributed by atoms with van der Waals surface area (Å²) in [5, 5.41) is 3.18. The normalized spacial score (nSPS) is 20.1. The van der Waals surface area contributed by atoms with Gasteiger partial charge in [0.05, 0.1) is 0 Å². The van der Waals surface area contributed by atoms with Gasteiger partial charge in [0.1, 0.15) is 0 Å². The predicted molar refractivity (Wildman–Crippen MR) is 62.9 cm³/mol. The quantitative estimate of drug-likeness (QED) is 0.536. The van der Waals surface area contributed by atoms with Crippen molar-refractivity contribution in [3.8, 4) is 0 Å². The second kappa shape index (κ2) is 8.36. The molecule has 78 valence electrons. The van der Waals surface area contributed by atoms with Crippen LogP contribution in [0.5, 0.6) is 0 Å². The Hall–Kier alpha value is 1.04. The van der Waals surface area contributed by atoms with Crippen LogP contribution in [0, 0.1) is 0 Å². The van der Waals surface area contributed by atoms with Gasteiger partial charge in [-0.15, -0.1) is 0 Å². The van der Waals surface area contributed by atoms with Crippen molar-refractivity contribution in [2.75, 3.05) is 0 Å². The third kappa shape index (κ3) is 6.18. The van der Waals surface area contributed by atoms with Gasteiger partial charge in [0.15, 0.2) is 0 Å². The fourth-order valence-electron chi connectivity index (χ4n) is 1.59. The molecule has 0 spiro atoms. The van der Waals surface area contributed by atoms with Gasteiger partial charge in [-0.25, -0.2) is 0 Å². The van der Waals surface area contributed by atoms with Crippen LogP contribution in [0.3, 0.4) is 0 Å². The third-order valence-electron chi connectivity index (χ3n) is 2.44. The van der Waals surface area contributed by atoms with Gasteiger partial charge in [0, 0.05) is 0 Å². The molecule has 0 aliphatic carbocycles. The van der Waals surface area contributed by atoms with Gasteiger partial charge in [-0.3, -0.25) is 0 Å². The van der Waals surface area contributed by atoms with Crippen molar-refractivity contribution >= 4 is 29.9 Å². The van der Waals surface area contributed by atoms with E-state index in [1.54, 1.807) is 29.9 Å². The van der Waals surface area contributed by atoms with Crippen LogP contribution in [0.25, 0.3) is 0 Å². The van der Waals surface area contributed by atoms with E-state index >= 15 is 0 Å². The zero-order chi connectivity index (χ0) is 9.36. The van der Waals surface area contributed by atoms with E-state index < -0.39 is 0 Å². The molecule has 0 aromatic carbocycles. The van der Waals surface area contributed by atoms with Crippen molar-refractivity contribution in [3.63, 3.8) is 0 Å². The Balaban J connectivity index is 1.98. The topological polar surface area (TPSA) is 0 Å². The minimum absolute atomic E-state index is 1.03. The molecule has 0 nitrogen and oxygen atoms in total. The molecule has 0 aromatic heterocycles. The summed E-state index contributed by atoms with van der Waals surface area (Å²) in [6, 6.07) is 0. The summed E-state index contributed by atoms with van der Waals surface area (Å²) in [7, 11) is 0. The van der Waals surface area contributed by atoms with Crippen molar-refractivity contribution in [1.29, 1.82) is 0 Å². The van der Waals surface area contributed by atoms with E-state index in [2.05, 4.69) is 6.92 Å². The summed E-state index contributed by atoms with van der Waals surface area (Å²) in [4.78, 5) is 0. The zero-order valence-electron chi connectivity index (χ0n) is 8.76. The molecule has 0 N–H and O–H groups in total. The minimum atomic E-state index is 1.03. The number of unbranched alkanes of at least 4 members (excludes halogenated alkanes) is 3. The molecule has 0 aromatic rings. The van der Waals surface area contributed by atoms with E-state index in [9.17, 15) is 0 Å². The summed E-state index contributed by atoms with van der Waals surface area (Å²) < 4.78 is 1.22. The van der Waals surface area contributed by atoms with Crippen LogP contribution in [-0.2, 0) is 0 Å². The molecule has 1 aliphatic rings. The van der Waals surface area contributed by atoms with E-state index in [-0.39, 0.29) is 0 Å². The van der Waals surface area contributed by atoms with Gasteiger partial charge in [-0.2, -0.15) is 0 Å². The zero-order valence-corrected chi connectivity index (χ0v) is 12.2. The van der Waals surface area contributed by atoms with Crippen LogP contribution >= 0.6 is 0 Å². The molecule has 1 aliphatic heterocycles. The molecule has 2 heteroatoms. The van der Waals surface area contributed by atoms with E-state index in [1.807, 2.05) is 0 Å². The first-order valence-electron chi connectivity index (χ1n) is 5.66. The van der Waals surface area contributed by atoms with Crippen LogP contribution in [0.1, 0.15) is 51.9 Å². The Morgan fingerprint density at radius 2 is 1.69 bits per heavy atom. The number of rotatable bonds is 5. The molecule has 1 rings (SSSR count). The SMILES string of the molecule is CCCCCCC1[Se]CCCC[Se]1. The summed E-state index contributed by atoms with van der Waals surface area (Å²) in [5.41, 5.74) is 0. The van der Waals surface area contributed by atoms with Gasteiger partial charge < -0.3 is 0 Å². The van der Waals surface area contributed by atoms with Crippen molar-refractivity contribution < 1.29 is 0 Å². The summed E-state index contributed by atoms with van der Waals surface area (Å²) >= 11 is 2.06. The second-order valence-corrected chi connectivity index (χ2v) is 10.7. The number of hydrogen-bond acceptors (Lipinski definition) is 0. The van der Waals surface area contributed by atoms with Crippen LogP contribution in [-0.4, -0.2) is 29.9 Å². The van der Waals surface area contributed by atoms with Crippen molar-refractivity contribution in [2.24, 2.45) is 0 Å². The van der Waals surface area contributed by atoms with E-state index in [1.165, 1.54) is 29.4 Å². The molecule has 0 unspecified atom stereocenters. The van der Waals surface area contributed by atoms with Crippen LogP contribution in [0.15, 0.2) is 0 Å². The first-order chi connectivity index (χ1) is 6.43. The molecule has 0 radical (unpaired) electrons.